The summed E-state index contributed by atoms with van der Waals surface area (Å²) in [5, 5.41) is 0. The third kappa shape index (κ3) is 11.8. The first-order chi connectivity index (χ1) is 19.7. The molecule has 3 aliphatic rings. The van der Waals surface area contributed by atoms with Gasteiger partial charge in [-0.1, -0.05) is 20.8 Å². The zero-order valence-corrected chi connectivity index (χ0v) is 27.4. The monoisotopic (exact) mass is 614 g/mol. The van der Waals surface area contributed by atoms with Crippen LogP contribution in [0.3, 0.4) is 0 Å². The largest absolute Gasteiger partial charge is 0.463 e. The maximum Gasteiger partial charge on any atom is 0.347 e. The summed E-state index contributed by atoms with van der Waals surface area (Å²) in [5.74, 6) is -1.89. The number of ether oxygens (including phenoxy) is 6. The minimum absolute atomic E-state index is 0.151. The van der Waals surface area contributed by atoms with E-state index in [0.717, 1.165) is 0 Å². The van der Waals surface area contributed by atoms with Gasteiger partial charge >= 0.3 is 35.8 Å². The molecular weight excluding hydrogens is 564 g/mol. The highest BCUT2D eigenvalue weighted by atomic mass is 16.6. The number of esters is 6. The fraction of sp³-hybridized carbons (Fsp3) is 0.806. The van der Waals surface area contributed by atoms with Crippen LogP contribution in [-0.4, -0.2) is 73.4 Å². The minimum atomic E-state index is -0.777. The lowest BCUT2D eigenvalue weighted by molar-refractivity contribution is -0.169. The van der Waals surface area contributed by atoms with E-state index >= 15 is 0 Å². The van der Waals surface area contributed by atoms with E-state index in [1.54, 1.807) is 20.8 Å². The Morgan fingerprint density at radius 1 is 0.767 bits per heavy atom. The van der Waals surface area contributed by atoms with Gasteiger partial charge in [0.15, 0.2) is 5.60 Å². The summed E-state index contributed by atoms with van der Waals surface area (Å²) >= 11 is 0. The molecule has 0 aliphatic carbocycles. The molecule has 3 saturated heterocycles. The van der Waals surface area contributed by atoms with Gasteiger partial charge in [0.2, 0.25) is 6.10 Å². The fourth-order valence-corrected chi connectivity index (χ4v) is 3.25. The molecule has 0 bridgehead atoms. The number of carbonyl (C=O) groups is 6. The quantitative estimate of drug-likeness (QED) is 0.269. The normalized spacial score (nSPS) is 23.4. The summed E-state index contributed by atoms with van der Waals surface area (Å²) in [7, 11) is 0. The second kappa shape index (κ2) is 15.5. The average Bonchev–Trinajstić information content (AvgIpc) is 3.64. The summed E-state index contributed by atoms with van der Waals surface area (Å²) in [4.78, 5) is 67.6. The van der Waals surface area contributed by atoms with Crippen molar-refractivity contribution in [1.29, 1.82) is 0 Å². The number of rotatable bonds is 9. The van der Waals surface area contributed by atoms with Gasteiger partial charge in [-0.2, -0.15) is 0 Å². The summed E-state index contributed by atoms with van der Waals surface area (Å²) in [6.45, 7) is 19.1. The van der Waals surface area contributed by atoms with Crippen molar-refractivity contribution in [2.75, 3.05) is 19.8 Å². The molecule has 0 aromatic carbocycles. The lowest BCUT2D eigenvalue weighted by Crippen LogP contribution is -2.38. The number of cyclic esters (lactones) is 3. The summed E-state index contributed by atoms with van der Waals surface area (Å²) in [5.41, 5.74) is -2.29. The maximum atomic E-state index is 11.8. The molecular formula is C31H50O12. The van der Waals surface area contributed by atoms with Gasteiger partial charge < -0.3 is 28.4 Å². The highest BCUT2D eigenvalue weighted by molar-refractivity contribution is 5.83. The first-order valence-electron chi connectivity index (χ1n) is 14.9. The molecule has 3 heterocycles. The Morgan fingerprint density at radius 2 is 1.28 bits per heavy atom. The van der Waals surface area contributed by atoms with Crippen LogP contribution in [-0.2, 0) is 57.2 Å². The van der Waals surface area contributed by atoms with Crippen LogP contribution in [0.5, 0.6) is 0 Å². The van der Waals surface area contributed by atoms with Crippen LogP contribution in [0.4, 0.5) is 0 Å². The molecule has 0 N–H and O–H groups in total. The van der Waals surface area contributed by atoms with Gasteiger partial charge in [0.1, 0.15) is 19.3 Å². The van der Waals surface area contributed by atoms with Crippen LogP contribution >= 0.6 is 0 Å². The molecule has 12 heteroatoms. The molecule has 43 heavy (non-hydrogen) atoms. The van der Waals surface area contributed by atoms with Gasteiger partial charge in [-0.15, -0.1) is 0 Å². The zero-order chi connectivity index (χ0) is 33.2. The Bertz CT molecular complexity index is 1030. The third-order valence-corrected chi connectivity index (χ3v) is 7.94. The van der Waals surface area contributed by atoms with E-state index in [2.05, 4.69) is 0 Å². The maximum absolute atomic E-state index is 11.8. The molecule has 3 aliphatic heterocycles. The molecule has 3 atom stereocenters. The van der Waals surface area contributed by atoms with Gasteiger partial charge in [0, 0.05) is 6.42 Å². The lowest BCUT2D eigenvalue weighted by atomic mass is 9.90. The average molecular weight is 615 g/mol. The molecule has 3 fully saturated rings. The van der Waals surface area contributed by atoms with Gasteiger partial charge in [0.05, 0.1) is 35.7 Å². The molecule has 0 radical (unpaired) electrons. The highest BCUT2D eigenvalue weighted by Crippen LogP contribution is 2.30. The topological polar surface area (TPSA) is 158 Å². The van der Waals surface area contributed by atoms with E-state index in [0.29, 0.717) is 32.3 Å². The standard InChI is InChI=1S/C11H18O4.2C10H16O4/c1-5-10(2,3)9(13)15-11(4)6-8(12)14-7-11;1-4-10(2,3)9(12)14-7-5-8(11)13-6-7;1-4-10(2,3)9(12)14-7-5-6-13-8(7)11/h5-7H2,1-4H3;2*7H,4-6H2,1-3H3. The zero-order valence-electron chi connectivity index (χ0n) is 27.4. The highest BCUT2D eigenvalue weighted by Gasteiger charge is 2.42. The van der Waals surface area contributed by atoms with Crippen molar-refractivity contribution in [2.24, 2.45) is 16.2 Å². The van der Waals surface area contributed by atoms with Crippen molar-refractivity contribution in [2.45, 2.75) is 126 Å². The van der Waals surface area contributed by atoms with E-state index in [1.807, 2.05) is 48.5 Å². The fourth-order valence-electron chi connectivity index (χ4n) is 3.25. The van der Waals surface area contributed by atoms with Crippen molar-refractivity contribution < 1.29 is 57.2 Å². The Morgan fingerprint density at radius 3 is 1.67 bits per heavy atom. The van der Waals surface area contributed by atoms with Crippen molar-refractivity contribution in [3.63, 3.8) is 0 Å². The van der Waals surface area contributed by atoms with Crippen molar-refractivity contribution >= 4 is 35.8 Å². The SMILES string of the molecule is CCC(C)(C)C(=O)OC1(C)COC(=O)C1.CCC(C)(C)C(=O)OC1CCOC1=O.CCC(C)(C)C(=O)OC1COC(=O)C1. The van der Waals surface area contributed by atoms with E-state index in [4.69, 9.17) is 28.4 Å². The van der Waals surface area contributed by atoms with Crippen molar-refractivity contribution in [3.8, 4) is 0 Å². The summed E-state index contributed by atoms with van der Waals surface area (Å²) in [6, 6.07) is 0. The van der Waals surface area contributed by atoms with Crippen LogP contribution in [0.2, 0.25) is 0 Å². The van der Waals surface area contributed by atoms with Crippen LogP contribution in [0.1, 0.15) is 108 Å². The molecule has 12 nitrogen and oxygen atoms in total. The number of hydrogen-bond acceptors (Lipinski definition) is 12. The Labute approximate surface area is 254 Å². The Hall–Kier alpha value is -3.18. The molecule has 3 rings (SSSR count). The van der Waals surface area contributed by atoms with E-state index in [9.17, 15) is 28.8 Å². The van der Waals surface area contributed by atoms with Gasteiger partial charge in [0.25, 0.3) is 0 Å². The van der Waals surface area contributed by atoms with Crippen LogP contribution in [0, 0.1) is 16.2 Å². The van der Waals surface area contributed by atoms with Crippen LogP contribution in [0.25, 0.3) is 0 Å². The Balaban J connectivity index is 0.000000323. The van der Waals surface area contributed by atoms with Gasteiger partial charge in [-0.3, -0.25) is 24.0 Å². The molecule has 0 saturated carbocycles. The minimum Gasteiger partial charge on any atom is -0.463 e. The van der Waals surface area contributed by atoms with Crippen LogP contribution < -0.4 is 0 Å². The van der Waals surface area contributed by atoms with Gasteiger partial charge in [-0.25, -0.2) is 4.79 Å². The predicted octanol–water partition coefficient (Wildman–Crippen LogP) is 4.23. The first-order valence-corrected chi connectivity index (χ1v) is 14.9. The number of carbonyl (C=O) groups excluding carboxylic acids is 6. The van der Waals surface area contributed by atoms with E-state index in [-0.39, 0.29) is 62.0 Å². The van der Waals surface area contributed by atoms with Crippen LogP contribution in [0.15, 0.2) is 0 Å². The predicted molar refractivity (Wildman–Crippen MR) is 153 cm³/mol. The van der Waals surface area contributed by atoms with E-state index in [1.165, 1.54) is 0 Å². The van der Waals surface area contributed by atoms with Crippen molar-refractivity contribution in [3.05, 3.63) is 0 Å². The molecule has 0 aromatic rings. The van der Waals surface area contributed by atoms with Gasteiger partial charge in [-0.05, 0) is 67.7 Å². The third-order valence-electron chi connectivity index (χ3n) is 7.94. The first kappa shape index (κ1) is 37.8. The lowest BCUT2D eigenvalue weighted by Gasteiger charge is -2.27. The second-order valence-corrected chi connectivity index (χ2v) is 13.2. The number of hydrogen-bond donors (Lipinski definition) is 0. The summed E-state index contributed by atoms with van der Waals surface area (Å²) in [6.07, 6.45) is 1.85. The molecule has 246 valence electrons. The molecule has 0 spiro atoms. The molecule has 0 aromatic heterocycles. The molecule has 0 amide bonds. The second-order valence-electron chi connectivity index (χ2n) is 13.2. The summed E-state index contributed by atoms with van der Waals surface area (Å²) < 4.78 is 29.8. The van der Waals surface area contributed by atoms with Crippen molar-refractivity contribution in [1.82, 2.24) is 0 Å². The smallest absolute Gasteiger partial charge is 0.347 e. The molecule has 3 unspecified atom stereocenters. The van der Waals surface area contributed by atoms with E-state index < -0.39 is 33.9 Å². The Kier molecular flexibility index (Phi) is 13.7.